The molecule has 0 N–H and O–H groups in total. The van der Waals surface area contributed by atoms with E-state index in [1.54, 1.807) is 11.6 Å². The Morgan fingerprint density at radius 3 is 2.64 bits per heavy atom. The molecule has 0 radical (unpaired) electrons. The predicted molar refractivity (Wildman–Crippen MR) is 95.2 cm³/mol. The lowest BCUT2D eigenvalue weighted by atomic mass is 10.1. The summed E-state index contributed by atoms with van der Waals surface area (Å²) in [5.41, 5.74) is 1.55. The maximum atomic E-state index is 14.1. The molecule has 2 aromatic heterocycles. The van der Waals surface area contributed by atoms with Gasteiger partial charge in [-0.2, -0.15) is 9.49 Å². The Kier molecular flexibility index (Phi) is 4.94. The molecule has 5 nitrogen and oxygen atoms in total. The number of ketones is 1. The second-order valence-corrected chi connectivity index (χ2v) is 6.46. The highest BCUT2D eigenvalue weighted by molar-refractivity contribution is 9.10. The number of rotatable bonds is 5. The summed E-state index contributed by atoms with van der Waals surface area (Å²) in [6, 6.07) is 12.3. The zero-order valence-electron chi connectivity index (χ0n) is 13.4. The van der Waals surface area contributed by atoms with Gasteiger partial charge in [0.15, 0.2) is 5.78 Å². The van der Waals surface area contributed by atoms with Crippen molar-refractivity contribution in [1.29, 1.82) is 0 Å². The van der Waals surface area contributed by atoms with Gasteiger partial charge in [0.05, 0.1) is 29.3 Å². The van der Waals surface area contributed by atoms with E-state index < -0.39 is 11.5 Å². The summed E-state index contributed by atoms with van der Waals surface area (Å²) < 4.78 is 16.7. The molecule has 0 aliphatic heterocycles. The van der Waals surface area contributed by atoms with E-state index >= 15 is 0 Å². The maximum Gasteiger partial charge on any atom is 0.253 e. The molecule has 128 valence electrons. The highest BCUT2D eigenvalue weighted by Gasteiger charge is 2.18. The summed E-state index contributed by atoms with van der Waals surface area (Å²) in [5, 5.41) is 4.24. The van der Waals surface area contributed by atoms with E-state index in [2.05, 4.69) is 21.0 Å². The molecule has 0 aliphatic carbocycles. The lowest BCUT2D eigenvalue weighted by Gasteiger charge is -2.08. The number of aromatic nitrogens is 3. The average molecular weight is 404 g/mol. The van der Waals surface area contributed by atoms with Gasteiger partial charge in [0.1, 0.15) is 0 Å². The van der Waals surface area contributed by atoms with Gasteiger partial charge in [0, 0.05) is 11.8 Å². The third-order valence-corrected chi connectivity index (χ3v) is 4.54. The van der Waals surface area contributed by atoms with Gasteiger partial charge in [-0.15, -0.1) is 0 Å². The number of halogens is 2. The molecule has 2 heterocycles. The van der Waals surface area contributed by atoms with Crippen LogP contribution < -0.4 is 5.56 Å². The number of hydrogen-bond donors (Lipinski definition) is 0. The first-order chi connectivity index (χ1) is 12.0. The molecule has 0 spiro atoms. The third-order valence-electron chi connectivity index (χ3n) is 3.95. The van der Waals surface area contributed by atoms with E-state index in [1.807, 2.05) is 30.3 Å². The first-order valence-electron chi connectivity index (χ1n) is 7.61. The summed E-state index contributed by atoms with van der Waals surface area (Å²) in [7, 11) is 0. The van der Waals surface area contributed by atoms with Crippen LogP contribution in [0.4, 0.5) is 4.39 Å². The quantitative estimate of drug-likeness (QED) is 0.485. The fraction of sp³-hybridized carbons (Fsp3) is 0.167. The van der Waals surface area contributed by atoms with Gasteiger partial charge in [0.2, 0.25) is 5.95 Å². The summed E-state index contributed by atoms with van der Waals surface area (Å²) >= 11 is 3.02. The number of carbonyl (C=O) groups excluding carboxylic acids is 1. The summed E-state index contributed by atoms with van der Waals surface area (Å²) in [6.07, 6.45) is 1.46. The Morgan fingerprint density at radius 2 is 1.92 bits per heavy atom. The van der Waals surface area contributed by atoms with Crippen LogP contribution in [-0.2, 0) is 13.1 Å². The minimum absolute atomic E-state index is 0.136. The van der Waals surface area contributed by atoms with Crippen LogP contribution in [0.1, 0.15) is 21.6 Å². The van der Waals surface area contributed by atoms with E-state index in [9.17, 15) is 14.0 Å². The molecule has 3 rings (SSSR count). The van der Waals surface area contributed by atoms with Gasteiger partial charge in [-0.3, -0.25) is 18.8 Å². The second kappa shape index (κ2) is 7.14. The SMILES string of the molecule is Cc1c(C(=O)Cn2c(F)c(Br)ccc2=O)cnn1Cc1ccccc1. The van der Waals surface area contributed by atoms with Gasteiger partial charge in [-0.25, -0.2) is 0 Å². The van der Waals surface area contributed by atoms with Gasteiger partial charge in [0.25, 0.3) is 5.56 Å². The molecule has 0 atom stereocenters. The number of pyridine rings is 1. The van der Waals surface area contributed by atoms with Gasteiger partial charge in [-0.05, 0) is 34.5 Å². The predicted octanol–water partition coefficient (Wildman–Crippen LogP) is 3.19. The molecule has 0 unspecified atom stereocenters. The van der Waals surface area contributed by atoms with Crippen molar-refractivity contribution in [3.63, 3.8) is 0 Å². The smallest absolute Gasteiger partial charge is 0.253 e. The van der Waals surface area contributed by atoms with E-state index in [1.165, 1.54) is 18.3 Å². The average Bonchev–Trinajstić information content (AvgIpc) is 2.97. The summed E-state index contributed by atoms with van der Waals surface area (Å²) in [5.74, 6) is -1.13. The standard InChI is InChI=1S/C18H15BrFN3O2/c1-12-14(9-21-23(12)10-13-5-3-2-4-6-13)16(24)11-22-17(25)8-7-15(19)18(22)20/h2-9H,10-11H2,1H3. The van der Waals surface area contributed by atoms with E-state index in [0.717, 1.165) is 10.1 Å². The molecule has 0 saturated carbocycles. The van der Waals surface area contributed by atoms with Crippen molar-refractivity contribution in [3.8, 4) is 0 Å². The maximum absolute atomic E-state index is 14.1. The number of hydrogen-bond acceptors (Lipinski definition) is 3. The molecule has 7 heteroatoms. The first-order valence-corrected chi connectivity index (χ1v) is 8.41. The molecule has 0 saturated heterocycles. The zero-order chi connectivity index (χ0) is 18.0. The number of benzene rings is 1. The number of nitrogens with zero attached hydrogens (tertiary/aromatic N) is 3. The fourth-order valence-electron chi connectivity index (χ4n) is 2.54. The molecular weight excluding hydrogens is 389 g/mol. The first kappa shape index (κ1) is 17.3. The van der Waals surface area contributed by atoms with Crippen molar-refractivity contribution < 1.29 is 9.18 Å². The van der Waals surface area contributed by atoms with E-state index in [-0.39, 0.29) is 16.8 Å². The van der Waals surface area contributed by atoms with Crippen LogP contribution in [0.15, 0.2) is 57.9 Å². The third kappa shape index (κ3) is 3.61. The van der Waals surface area contributed by atoms with Crippen LogP contribution in [0.3, 0.4) is 0 Å². The van der Waals surface area contributed by atoms with Crippen molar-refractivity contribution in [3.05, 3.63) is 86.3 Å². The molecule has 0 aliphatic rings. The van der Waals surface area contributed by atoms with E-state index in [4.69, 9.17) is 0 Å². The Hall–Kier alpha value is -2.54. The van der Waals surface area contributed by atoms with Crippen molar-refractivity contribution in [1.82, 2.24) is 14.3 Å². The molecule has 25 heavy (non-hydrogen) atoms. The summed E-state index contributed by atoms with van der Waals surface area (Å²) in [6.45, 7) is 1.94. The molecular formula is C18H15BrFN3O2. The summed E-state index contributed by atoms with van der Waals surface area (Å²) in [4.78, 5) is 24.3. The van der Waals surface area contributed by atoms with Crippen LogP contribution in [0.25, 0.3) is 0 Å². The molecule has 1 aromatic carbocycles. The van der Waals surface area contributed by atoms with Gasteiger partial charge < -0.3 is 0 Å². The monoisotopic (exact) mass is 403 g/mol. The van der Waals surface area contributed by atoms with Crippen LogP contribution in [0, 0.1) is 12.9 Å². The highest BCUT2D eigenvalue weighted by Crippen LogP contribution is 2.15. The Morgan fingerprint density at radius 1 is 1.20 bits per heavy atom. The topological polar surface area (TPSA) is 56.9 Å². The lowest BCUT2D eigenvalue weighted by Crippen LogP contribution is -2.26. The van der Waals surface area contributed by atoms with Crippen LogP contribution in [0.2, 0.25) is 0 Å². The molecule has 3 aromatic rings. The van der Waals surface area contributed by atoms with Crippen molar-refractivity contribution in [2.75, 3.05) is 0 Å². The number of carbonyl (C=O) groups is 1. The number of Topliss-reactive ketones (excluding diaryl/α,β-unsaturated/α-hetero) is 1. The lowest BCUT2D eigenvalue weighted by molar-refractivity contribution is 0.0964. The Labute approximate surface area is 151 Å². The van der Waals surface area contributed by atoms with Crippen molar-refractivity contribution >= 4 is 21.7 Å². The fourth-order valence-corrected chi connectivity index (χ4v) is 2.89. The van der Waals surface area contributed by atoms with Crippen LogP contribution in [0.5, 0.6) is 0 Å². The Balaban J connectivity index is 1.85. The highest BCUT2D eigenvalue weighted by atomic mass is 79.9. The van der Waals surface area contributed by atoms with Gasteiger partial charge in [-0.1, -0.05) is 30.3 Å². The minimum atomic E-state index is -0.768. The zero-order valence-corrected chi connectivity index (χ0v) is 15.0. The van der Waals surface area contributed by atoms with Crippen LogP contribution >= 0.6 is 15.9 Å². The van der Waals surface area contributed by atoms with Crippen LogP contribution in [-0.4, -0.2) is 20.1 Å². The molecule has 0 bridgehead atoms. The largest absolute Gasteiger partial charge is 0.292 e. The molecule has 0 fully saturated rings. The van der Waals surface area contributed by atoms with E-state index in [0.29, 0.717) is 17.8 Å². The van der Waals surface area contributed by atoms with Crippen molar-refractivity contribution in [2.24, 2.45) is 0 Å². The van der Waals surface area contributed by atoms with Crippen molar-refractivity contribution in [2.45, 2.75) is 20.0 Å². The second-order valence-electron chi connectivity index (χ2n) is 5.61. The normalized spacial score (nSPS) is 10.8. The van der Waals surface area contributed by atoms with Gasteiger partial charge >= 0.3 is 0 Å². The molecule has 0 amide bonds. The Bertz CT molecular complexity index is 980. The minimum Gasteiger partial charge on any atom is -0.292 e.